The summed E-state index contributed by atoms with van der Waals surface area (Å²) in [6.45, 7) is 9.13. The van der Waals surface area contributed by atoms with E-state index in [1.54, 1.807) is 6.33 Å². The summed E-state index contributed by atoms with van der Waals surface area (Å²) in [5, 5.41) is 10.2. The van der Waals surface area contributed by atoms with Crippen molar-refractivity contribution in [2.75, 3.05) is 6.54 Å². The first-order chi connectivity index (χ1) is 7.24. The molecule has 0 saturated carbocycles. The summed E-state index contributed by atoms with van der Waals surface area (Å²) in [4.78, 5) is 4.19. The van der Waals surface area contributed by atoms with Gasteiger partial charge in [-0.3, -0.25) is 5.10 Å². The van der Waals surface area contributed by atoms with Gasteiger partial charge in [0, 0.05) is 0 Å². The molecule has 84 valence electrons. The minimum absolute atomic E-state index is 0.268. The molecule has 0 saturated heterocycles. The van der Waals surface area contributed by atoms with Crippen molar-refractivity contribution in [1.29, 1.82) is 0 Å². The minimum atomic E-state index is 0.268. The summed E-state index contributed by atoms with van der Waals surface area (Å²) >= 11 is 0. The smallest absolute Gasteiger partial charge is 0.141 e. The molecule has 0 aliphatic carbocycles. The number of aromatic nitrogens is 3. The average molecular weight is 208 g/mol. The summed E-state index contributed by atoms with van der Waals surface area (Å²) in [7, 11) is 0. The Bertz CT molecular complexity index is 279. The van der Waals surface area contributed by atoms with Crippen molar-refractivity contribution < 1.29 is 0 Å². The molecule has 2 N–H and O–H groups in total. The molecule has 0 spiro atoms. The molecule has 1 heterocycles. The fourth-order valence-corrected chi connectivity index (χ4v) is 1.43. The van der Waals surface area contributed by atoms with E-state index in [2.05, 4.69) is 40.9 Å². The van der Waals surface area contributed by atoms with E-state index in [9.17, 15) is 0 Å². The van der Waals surface area contributed by atoms with Crippen molar-refractivity contribution >= 4 is 0 Å². The molecule has 1 rings (SSSR count). The zero-order valence-electron chi connectivity index (χ0n) is 9.58. The molecule has 15 heavy (non-hydrogen) atoms. The van der Waals surface area contributed by atoms with Gasteiger partial charge in [0.1, 0.15) is 12.2 Å². The van der Waals surface area contributed by atoms with Gasteiger partial charge in [-0.25, -0.2) is 4.98 Å². The lowest BCUT2D eigenvalue weighted by Gasteiger charge is -2.15. The van der Waals surface area contributed by atoms with Gasteiger partial charge in [-0.15, -0.1) is 6.58 Å². The molecular weight excluding hydrogens is 188 g/mol. The highest BCUT2D eigenvalue weighted by Gasteiger charge is 2.12. The van der Waals surface area contributed by atoms with Gasteiger partial charge in [0.05, 0.1) is 6.04 Å². The van der Waals surface area contributed by atoms with Crippen LogP contribution < -0.4 is 5.32 Å². The molecule has 1 aromatic rings. The lowest BCUT2D eigenvalue weighted by atomic mass is 10.1. The normalized spacial score (nSPS) is 12.7. The maximum absolute atomic E-state index is 4.19. The highest BCUT2D eigenvalue weighted by molar-refractivity contribution is 4.96. The second-order valence-corrected chi connectivity index (χ2v) is 3.87. The van der Waals surface area contributed by atoms with Crippen LogP contribution in [0.5, 0.6) is 0 Å². The molecule has 1 aromatic heterocycles. The number of nitrogens with one attached hydrogen (secondary N) is 2. The quantitative estimate of drug-likeness (QED) is 0.675. The first kappa shape index (κ1) is 11.9. The predicted octanol–water partition coefficient (Wildman–Crippen LogP) is 2.20. The second-order valence-electron chi connectivity index (χ2n) is 3.87. The van der Waals surface area contributed by atoms with Gasteiger partial charge in [-0.1, -0.05) is 12.5 Å². The second kappa shape index (κ2) is 6.35. The molecule has 0 radical (unpaired) electrons. The number of allylic oxidation sites excluding steroid dienone is 1. The monoisotopic (exact) mass is 208 g/mol. The Morgan fingerprint density at radius 1 is 1.67 bits per heavy atom. The Balaban J connectivity index is 2.49. The molecule has 4 nitrogen and oxygen atoms in total. The number of nitrogens with zero attached hydrogens (tertiary/aromatic N) is 2. The van der Waals surface area contributed by atoms with Gasteiger partial charge >= 0.3 is 0 Å². The Labute approximate surface area is 91.2 Å². The zero-order valence-corrected chi connectivity index (χ0v) is 9.58. The number of aromatic amines is 1. The maximum atomic E-state index is 4.19. The van der Waals surface area contributed by atoms with Crippen LogP contribution in [0.3, 0.4) is 0 Å². The molecular formula is C11H20N4. The summed E-state index contributed by atoms with van der Waals surface area (Å²) in [6, 6.07) is 0.268. The van der Waals surface area contributed by atoms with Crippen LogP contribution in [0.1, 0.15) is 45.0 Å². The Kier molecular flexibility index (Phi) is 5.04. The highest BCUT2D eigenvalue weighted by Crippen LogP contribution is 2.16. The van der Waals surface area contributed by atoms with E-state index in [-0.39, 0.29) is 6.04 Å². The van der Waals surface area contributed by atoms with E-state index in [0.29, 0.717) is 0 Å². The average Bonchev–Trinajstić information content (AvgIpc) is 2.71. The number of hydrogen-bond acceptors (Lipinski definition) is 3. The Morgan fingerprint density at radius 2 is 2.47 bits per heavy atom. The first-order valence-corrected chi connectivity index (χ1v) is 5.47. The Hall–Kier alpha value is -1.16. The molecule has 0 amide bonds. The summed E-state index contributed by atoms with van der Waals surface area (Å²) in [5.74, 6) is 0.921. The third-order valence-electron chi connectivity index (χ3n) is 2.26. The van der Waals surface area contributed by atoms with Crippen molar-refractivity contribution in [3.63, 3.8) is 0 Å². The number of hydrogen-bond donors (Lipinski definition) is 2. The van der Waals surface area contributed by atoms with Crippen molar-refractivity contribution in [1.82, 2.24) is 20.5 Å². The SMILES string of the molecule is C=C(C)CCC(NCCC)c1ncn[nH]1. The van der Waals surface area contributed by atoms with Gasteiger partial charge in [0.15, 0.2) is 0 Å². The Morgan fingerprint density at radius 3 is 3.00 bits per heavy atom. The number of H-pyrrole nitrogens is 1. The fourth-order valence-electron chi connectivity index (χ4n) is 1.43. The topological polar surface area (TPSA) is 53.6 Å². The lowest BCUT2D eigenvalue weighted by molar-refractivity contribution is 0.478. The van der Waals surface area contributed by atoms with Crippen molar-refractivity contribution in [2.24, 2.45) is 0 Å². The first-order valence-electron chi connectivity index (χ1n) is 5.47. The van der Waals surface area contributed by atoms with Gasteiger partial charge in [-0.2, -0.15) is 5.10 Å². The summed E-state index contributed by atoms with van der Waals surface area (Å²) in [6.07, 6.45) is 4.71. The molecule has 1 unspecified atom stereocenters. The highest BCUT2D eigenvalue weighted by atomic mass is 15.2. The van der Waals surface area contributed by atoms with Crippen molar-refractivity contribution in [3.05, 3.63) is 24.3 Å². The van der Waals surface area contributed by atoms with Gasteiger partial charge < -0.3 is 5.32 Å². The molecule has 0 fully saturated rings. The van der Waals surface area contributed by atoms with Crippen LogP contribution in [-0.2, 0) is 0 Å². The third kappa shape index (κ3) is 4.25. The van der Waals surface area contributed by atoms with Crippen LogP contribution in [-0.4, -0.2) is 21.7 Å². The van der Waals surface area contributed by atoms with E-state index in [0.717, 1.165) is 31.6 Å². The van der Waals surface area contributed by atoms with Crippen LogP contribution in [0.15, 0.2) is 18.5 Å². The largest absolute Gasteiger partial charge is 0.307 e. The summed E-state index contributed by atoms with van der Waals surface area (Å²) < 4.78 is 0. The van der Waals surface area contributed by atoms with Crippen LogP contribution in [0.25, 0.3) is 0 Å². The van der Waals surface area contributed by atoms with Gasteiger partial charge in [0.25, 0.3) is 0 Å². The predicted molar refractivity (Wildman–Crippen MR) is 61.5 cm³/mol. The molecule has 4 heteroatoms. The molecule has 0 bridgehead atoms. The minimum Gasteiger partial charge on any atom is -0.307 e. The molecule has 1 atom stereocenters. The van der Waals surface area contributed by atoms with E-state index >= 15 is 0 Å². The third-order valence-corrected chi connectivity index (χ3v) is 2.26. The molecule has 0 aromatic carbocycles. The van der Waals surface area contributed by atoms with E-state index in [1.165, 1.54) is 5.57 Å². The summed E-state index contributed by atoms with van der Waals surface area (Å²) in [5.41, 5.74) is 1.21. The van der Waals surface area contributed by atoms with E-state index in [4.69, 9.17) is 0 Å². The van der Waals surface area contributed by atoms with E-state index < -0.39 is 0 Å². The fraction of sp³-hybridized carbons (Fsp3) is 0.636. The van der Waals surface area contributed by atoms with Crippen LogP contribution in [0.4, 0.5) is 0 Å². The van der Waals surface area contributed by atoms with Crippen LogP contribution in [0.2, 0.25) is 0 Å². The number of rotatable bonds is 7. The standard InChI is InChI=1S/C11H20N4/c1-4-7-12-10(6-5-9(2)3)11-13-8-14-15-11/h8,10,12H,2,4-7H2,1,3H3,(H,13,14,15). The van der Waals surface area contributed by atoms with E-state index in [1.807, 2.05) is 0 Å². The lowest BCUT2D eigenvalue weighted by Crippen LogP contribution is -2.23. The van der Waals surface area contributed by atoms with Crippen molar-refractivity contribution in [2.45, 2.75) is 39.2 Å². The molecule has 0 aliphatic heterocycles. The van der Waals surface area contributed by atoms with Crippen LogP contribution in [0, 0.1) is 0 Å². The van der Waals surface area contributed by atoms with Crippen LogP contribution >= 0.6 is 0 Å². The van der Waals surface area contributed by atoms with Gasteiger partial charge in [-0.05, 0) is 32.7 Å². The van der Waals surface area contributed by atoms with Crippen molar-refractivity contribution in [3.8, 4) is 0 Å². The van der Waals surface area contributed by atoms with Gasteiger partial charge in [0.2, 0.25) is 0 Å². The maximum Gasteiger partial charge on any atom is 0.141 e. The molecule has 0 aliphatic rings. The zero-order chi connectivity index (χ0) is 11.1.